The topological polar surface area (TPSA) is 101 Å². The Hall–Kier alpha value is -1.11. The van der Waals surface area contributed by atoms with Crippen LogP contribution in [-0.2, 0) is 19.4 Å². The molecule has 0 saturated carbocycles. The Bertz CT molecular complexity index is 333. The van der Waals surface area contributed by atoms with Crippen molar-refractivity contribution in [3.05, 3.63) is 0 Å². The van der Waals surface area contributed by atoms with Gasteiger partial charge in [-0.3, -0.25) is 9.59 Å². The Kier molecular flexibility index (Phi) is 5.27. The van der Waals surface area contributed by atoms with Crippen LogP contribution in [0, 0.1) is 0 Å². The number of carboxylic acids is 1. The summed E-state index contributed by atoms with van der Waals surface area (Å²) in [6, 6.07) is -0.132. The maximum absolute atomic E-state index is 11.2. The van der Waals surface area contributed by atoms with Crippen molar-refractivity contribution in [2.75, 3.05) is 11.5 Å². The number of rotatable bonds is 6. The molecule has 0 atom stereocenters. The van der Waals surface area contributed by atoms with Crippen LogP contribution in [0.25, 0.3) is 0 Å². The molecule has 0 aliphatic carbocycles. The first kappa shape index (κ1) is 13.9. The van der Waals surface area contributed by atoms with Crippen molar-refractivity contribution in [2.45, 2.75) is 26.3 Å². The lowest BCUT2D eigenvalue weighted by atomic mass is 10.4. The van der Waals surface area contributed by atoms with E-state index in [9.17, 15) is 18.0 Å². The van der Waals surface area contributed by atoms with Gasteiger partial charge >= 0.3 is 5.97 Å². The zero-order chi connectivity index (χ0) is 12.1. The van der Waals surface area contributed by atoms with Gasteiger partial charge in [0.05, 0.1) is 12.2 Å². The molecule has 0 spiro atoms. The van der Waals surface area contributed by atoms with E-state index in [0.29, 0.717) is 0 Å². The van der Waals surface area contributed by atoms with E-state index in [1.165, 1.54) is 0 Å². The summed E-state index contributed by atoms with van der Waals surface area (Å²) in [5.41, 5.74) is 0. The largest absolute Gasteiger partial charge is 0.481 e. The van der Waals surface area contributed by atoms with E-state index in [4.69, 9.17) is 5.11 Å². The molecule has 0 aromatic heterocycles. The molecule has 0 aliphatic heterocycles. The van der Waals surface area contributed by atoms with E-state index in [-0.39, 0.29) is 6.04 Å². The molecule has 0 rings (SSSR count). The van der Waals surface area contributed by atoms with Gasteiger partial charge in [-0.15, -0.1) is 0 Å². The summed E-state index contributed by atoms with van der Waals surface area (Å²) in [4.78, 5) is 21.2. The summed E-state index contributed by atoms with van der Waals surface area (Å²) in [5.74, 6) is -2.95. The number of sulfone groups is 1. The number of carbonyl (C=O) groups excluding carboxylic acids is 1. The quantitative estimate of drug-likeness (QED) is 0.642. The average Bonchev–Trinajstić information content (AvgIpc) is 1.98. The van der Waals surface area contributed by atoms with E-state index in [2.05, 4.69) is 5.32 Å². The molecule has 0 aliphatic rings. The molecule has 0 aromatic rings. The smallest absolute Gasteiger partial charge is 0.304 e. The molecule has 0 unspecified atom stereocenters. The van der Waals surface area contributed by atoms with Gasteiger partial charge in [-0.25, -0.2) is 8.42 Å². The molecule has 0 saturated heterocycles. The molecule has 0 fully saturated rings. The lowest BCUT2D eigenvalue weighted by Crippen LogP contribution is -2.35. The van der Waals surface area contributed by atoms with E-state index in [0.717, 1.165) is 0 Å². The van der Waals surface area contributed by atoms with Crippen LogP contribution in [0.15, 0.2) is 0 Å². The third-order valence-electron chi connectivity index (χ3n) is 1.43. The second kappa shape index (κ2) is 5.69. The van der Waals surface area contributed by atoms with Crippen LogP contribution in [0.5, 0.6) is 0 Å². The molecule has 7 heteroatoms. The summed E-state index contributed by atoms with van der Waals surface area (Å²) < 4.78 is 22.4. The summed E-state index contributed by atoms with van der Waals surface area (Å²) in [5, 5.41) is 10.7. The number of hydrogen-bond acceptors (Lipinski definition) is 4. The van der Waals surface area contributed by atoms with Crippen LogP contribution in [0.1, 0.15) is 20.3 Å². The van der Waals surface area contributed by atoms with Crippen molar-refractivity contribution in [2.24, 2.45) is 0 Å². The summed E-state index contributed by atoms with van der Waals surface area (Å²) >= 11 is 0. The first-order chi connectivity index (χ1) is 6.73. The third kappa shape index (κ3) is 7.92. The Morgan fingerprint density at radius 1 is 1.33 bits per heavy atom. The van der Waals surface area contributed by atoms with Gasteiger partial charge in [-0.05, 0) is 13.8 Å². The summed E-state index contributed by atoms with van der Waals surface area (Å²) in [7, 11) is -3.61. The highest BCUT2D eigenvalue weighted by Crippen LogP contribution is 1.94. The van der Waals surface area contributed by atoms with Crippen LogP contribution in [0.2, 0.25) is 0 Å². The molecule has 0 bridgehead atoms. The fourth-order valence-corrected chi connectivity index (χ4v) is 1.99. The molecule has 6 nitrogen and oxygen atoms in total. The van der Waals surface area contributed by atoms with Crippen molar-refractivity contribution in [3.8, 4) is 0 Å². The number of hydrogen-bond donors (Lipinski definition) is 2. The maximum Gasteiger partial charge on any atom is 0.304 e. The van der Waals surface area contributed by atoms with E-state index < -0.39 is 39.6 Å². The molecule has 88 valence electrons. The van der Waals surface area contributed by atoms with Gasteiger partial charge in [0.15, 0.2) is 9.84 Å². The predicted molar refractivity (Wildman–Crippen MR) is 54.2 cm³/mol. The number of amides is 1. The lowest BCUT2D eigenvalue weighted by Gasteiger charge is -2.08. The van der Waals surface area contributed by atoms with Crippen LogP contribution < -0.4 is 5.32 Å². The highest BCUT2D eigenvalue weighted by atomic mass is 32.2. The summed E-state index contributed by atoms with van der Waals surface area (Å²) in [6.07, 6.45) is -0.475. The molecule has 0 aromatic carbocycles. The van der Waals surface area contributed by atoms with Crippen molar-refractivity contribution in [3.63, 3.8) is 0 Å². The zero-order valence-electron chi connectivity index (χ0n) is 8.69. The van der Waals surface area contributed by atoms with Gasteiger partial charge in [-0.2, -0.15) is 0 Å². The molecule has 2 N–H and O–H groups in total. The van der Waals surface area contributed by atoms with Crippen LogP contribution >= 0.6 is 0 Å². The van der Waals surface area contributed by atoms with Gasteiger partial charge in [-0.1, -0.05) is 0 Å². The molecular formula is C8H15NO5S. The van der Waals surface area contributed by atoms with Crippen molar-refractivity contribution in [1.82, 2.24) is 5.32 Å². The van der Waals surface area contributed by atoms with Gasteiger partial charge in [0, 0.05) is 6.04 Å². The monoisotopic (exact) mass is 237 g/mol. The highest BCUT2D eigenvalue weighted by molar-refractivity contribution is 7.92. The Balaban J connectivity index is 4.14. The molecular weight excluding hydrogens is 222 g/mol. The number of carbonyl (C=O) groups is 2. The highest BCUT2D eigenvalue weighted by Gasteiger charge is 2.18. The minimum absolute atomic E-state index is 0.132. The standard InChI is InChI=1S/C8H15NO5S/c1-6(2)9-7(10)5-15(13,14)4-3-8(11)12/h6H,3-5H2,1-2H3,(H,9,10)(H,11,12). The zero-order valence-corrected chi connectivity index (χ0v) is 9.50. The third-order valence-corrected chi connectivity index (χ3v) is 2.96. The first-order valence-electron chi connectivity index (χ1n) is 4.44. The number of carboxylic acid groups (broad SMARTS) is 1. The molecule has 0 heterocycles. The minimum atomic E-state index is -3.61. The Labute approximate surface area is 88.6 Å². The lowest BCUT2D eigenvalue weighted by molar-refractivity contribution is -0.136. The number of aliphatic carboxylic acids is 1. The van der Waals surface area contributed by atoms with Crippen LogP contribution in [0.4, 0.5) is 0 Å². The van der Waals surface area contributed by atoms with Gasteiger partial charge in [0.25, 0.3) is 0 Å². The molecule has 1 amide bonds. The fraction of sp³-hybridized carbons (Fsp3) is 0.750. The van der Waals surface area contributed by atoms with Crippen molar-refractivity contribution in [1.29, 1.82) is 0 Å². The van der Waals surface area contributed by atoms with E-state index in [1.807, 2.05) is 0 Å². The Morgan fingerprint density at radius 3 is 2.27 bits per heavy atom. The molecule has 0 radical (unpaired) electrons. The van der Waals surface area contributed by atoms with E-state index >= 15 is 0 Å². The maximum atomic E-state index is 11.2. The SMILES string of the molecule is CC(C)NC(=O)CS(=O)(=O)CCC(=O)O. The van der Waals surface area contributed by atoms with Crippen LogP contribution in [-0.4, -0.2) is 42.9 Å². The van der Waals surface area contributed by atoms with Crippen molar-refractivity contribution >= 4 is 21.7 Å². The van der Waals surface area contributed by atoms with Gasteiger partial charge in [0.2, 0.25) is 5.91 Å². The average molecular weight is 237 g/mol. The second-order valence-corrected chi connectivity index (χ2v) is 5.64. The second-order valence-electron chi connectivity index (χ2n) is 3.46. The summed E-state index contributed by atoms with van der Waals surface area (Å²) in [6.45, 7) is 3.42. The van der Waals surface area contributed by atoms with Crippen LogP contribution in [0.3, 0.4) is 0 Å². The van der Waals surface area contributed by atoms with Crippen molar-refractivity contribution < 1.29 is 23.1 Å². The molecule has 15 heavy (non-hydrogen) atoms. The van der Waals surface area contributed by atoms with Gasteiger partial charge in [0.1, 0.15) is 5.75 Å². The Morgan fingerprint density at radius 2 is 1.87 bits per heavy atom. The first-order valence-corrected chi connectivity index (χ1v) is 6.26. The number of nitrogens with one attached hydrogen (secondary N) is 1. The van der Waals surface area contributed by atoms with E-state index in [1.54, 1.807) is 13.8 Å². The predicted octanol–water partition coefficient (Wildman–Crippen LogP) is -0.599. The normalized spacial score (nSPS) is 11.4. The minimum Gasteiger partial charge on any atom is -0.481 e. The van der Waals surface area contributed by atoms with Gasteiger partial charge < -0.3 is 10.4 Å². The fourth-order valence-electron chi connectivity index (χ4n) is 0.878.